The van der Waals surface area contributed by atoms with E-state index in [1.165, 1.54) is 22.1 Å². The molecule has 16 heavy (non-hydrogen) atoms. The van der Waals surface area contributed by atoms with Crippen molar-refractivity contribution in [1.82, 2.24) is 8.68 Å². The molecule has 0 aliphatic carbocycles. The van der Waals surface area contributed by atoms with Crippen molar-refractivity contribution in [3.05, 3.63) is 11.8 Å². The fraction of sp³-hybridized carbons (Fsp3) is 0.667. The maximum Gasteiger partial charge on any atom is 0.211 e. The number of piperidine rings is 1. The van der Waals surface area contributed by atoms with Gasteiger partial charge < -0.3 is 5.73 Å². The first-order chi connectivity index (χ1) is 7.47. The van der Waals surface area contributed by atoms with Crippen LogP contribution in [0.1, 0.15) is 24.5 Å². The van der Waals surface area contributed by atoms with Crippen molar-refractivity contribution in [3.8, 4) is 0 Å². The molecule has 5 nitrogen and oxygen atoms in total. The van der Waals surface area contributed by atoms with E-state index in [1.54, 1.807) is 0 Å². The molecule has 1 saturated heterocycles. The molecule has 1 aliphatic heterocycles. The summed E-state index contributed by atoms with van der Waals surface area (Å²) in [7, 11) is -3.04. The molecule has 0 aromatic carbocycles. The van der Waals surface area contributed by atoms with E-state index in [2.05, 4.69) is 4.37 Å². The van der Waals surface area contributed by atoms with Gasteiger partial charge in [0, 0.05) is 19.0 Å². The second-order valence-corrected chi connectivity index (χ2v) is 6.91. The minimum absolute atomic E-state index is 0.353. The number of aromatic nitrogens is 1. The monoisotopic (exact) mass is 261 g/mol. The van der Waals surface area contributed by atoms with Gasteiger partial charge in [0.15, 0.2) is 0 Å². The third-order valence-electron chi connectivity index (χ3n) is 2.89. The Morgan fingerprint density at radius 1 is 1.50 bits per heavy atom. The van der Waals surface area contributed by atoms with Crippen LogP contribution >= 0.6 is 11.5 Å². The van der Waals surface area contributed by atoms with E-state index in [0.717, 1.165) is 23.5 Å². The summed E-state index contributed by atoms with van der Waals surface area (Å²) < 4.78 is 28.5. The molecule has 0 amide bonds. The van der Waals surface area contributed by atoms with Crippen molar-refractivity contribution in [2.24, 2.45) is 0 Å². The summed E-state index contributed by atoms with van der Waals surface area (Å²) in [4.78, 5) is 0. The summed E-state index contributed by atoms with van der Waals surface area (Å²) >= 11 is 1.30. The zero-order chi connectivity index (χ0) is 11.8. The molecular formula is C9H15N3O2S2. The molecule has 1 aliphatic rings. The normalized spacial score (nSPS) is 20.1. The predicted octanol–water partition coefficient (Wildman–Crippen LogP) is 0.864. The van der Waals surface area contributed by atoms with E-state index >= 15 is 0 Å². The second-order valence-electron chi connectivity index (χ2n) is 4.09. The third kappa shape index (κ3) is 2.53. The van der Waals surface area contributed by atoms with E-state index in [9.17, 15) is 8.42 Å². The molecule has 0 bridgehead atoms. The summed E-state index contributed by atoms with van der Waals surface area (Å²) in [6.07, 6.45) is 2.92. The van der Waals surface area contributed by atoms with Gasteiger partial charge in [-0.05, 0) is 30.4 Å². The van der Waals surface area contributed by atoms with Crippen LogP contribution in [-0.2, 0) is 10.0 Å². The average molecular weight is 261 g/mol. The first-order valence-electron chi connectivity index (χ1n) is 5.14. The van der Waals surface area contributed by atoms with Crippen molar-refractivity contribution >= 4 is 26.6 Å². The highest BCUT2D eigenvalue weighted by molar-refractivity contribution is 7.88. The third-order valence-corrected chi connectivity index (χ3v) is 4.82. The van der Waals surface area contributed by atoms with E-state index in [1.807, 2.05) is 6.07 Å². The van der Waals surface area contributed by atoms with E-state index < -0.39 is 10.0 Å². The minimum Gasteiger partial charge on any atom is -0.389 e. The number of nitrogen functional groups attached to an aromatic ring is 1. The Morgan fingerprint density at radius 2 is 2.12 bits per heavy atom. The smallest absolute Gasteiger partial charge is 0.211 e. The number of rotatable bonds is 2. The summed E-state index contributed by atoms with van der Waals surface area (Å²) in [5.41, 5.74) is 6.64. The molecule has 0 unspecified atom stereocenters. The Balaban J connectivity index is 2.00. The van der Waals surface area contributed by atoms with Crippen LogP contribution in [0.3, 0.4) is 0 Å². The molecule has 0 saturated carbocycles. The van der Waals surface area contributed by atoms with Gasteiger partial charge in [-0.15, -0.1) is 0 Å². The fourth-order valence-electron chi connectivity index (χ4n) is 1.98. The standard InChI is InChI=1S/C9H15N3O2S2/c1-16(13,14)12-4-2-7(3-5-12)8-6-9(10)15-11-8/h6-7H,2-5,10H2,1H3. The molecule has 7 heteroatoms. The maximum atomic E-state index is 11.3. The average Bonchev–Trinajstić information content (AvgIpc) is 2.64. The Morgan fingerprint density at radius 3 is 2.56 bits per heavy atom. The minimum atomic E-state index is -3.04. The number of nitrogens with two attached hydrogens (primary N) is 1. The van der Waals surface area contributed by atoms with Gasteiger partial charge >= 0.3 is 0 Å². The first kappa shape index (κ1) is 11.8. The van der Waals surface area contributed by atoms with Crippen molar-refractivity contribution < 1.29 is 8.42 Å². The van der Waals surface area contributed by atoms with Gasteiger partial charge in [-0.2, -0.15) is 4.37 Å². The van der Waals surface area contributed by atoms with Gasteiger partial charge in [0.05, 0.1) is 11.9 Å². The number of anilines is 1. The number of nitrogens with zero attached hydrogens (tertiary/aromatic N) is 2. The quantitative estimate of drug-likeness (QED) is 0.857. The fourth-order valence-corrected chi connectivity index (χ4v) is 3.44. The van der Waals surface area contributed by atoms with Crippen LogP contribution in [-0.4, -0.2) is 36.4 Å². The summed E-state index contributed by atoms with van der Waals surface area (Å²) in [6.45, 7) is 1.17. The predicted molar refractivity (Wildman–Crippen MR) is 64.9 cm³/mol. The van der Waals surface area contributed by atoms with Gasteiger partial charge in [0.2, 0.25) is 10.0 Å². The molecular weight excluding hydrogens is 246 g/mol. The second kappa shape index (κ2) is 4.31. The highest BCUT2D eigenvalue weighted by Gasteiger charge is 2.26. The Kier molecular flexibility index (Phi) is 3.18. The highest BCUT2D eigenvalue weighted by Crippen LogP contribution is 2.30. The molecule has 90 valence electrons. The molecule has 1 aromatic rings. The van der Waals surface area contributed by atoms with E-state index in [4.69, 9.17) is 5.73 Å². The SMILES string of the molecule is CS(=O)(=O)N1CCC(c2cc(N)sn2)CC1. The molecule has 0 spiro atoms. The highest BCUT2D eigenvalue weighted by atomic mass is 32.2. The van der Waals surface area contributed by atoms with Crippen molar-refractivity contribution in [2.45, 2.75) is 18.8 Å². The van der Waals surface area contributed by atoms with Gasteiger partial charge in [0.1, 0.15) is 5.00 Å². The molecule has 2 heterocycles. The van der Waals surface area contributed by atoms with Crippen molar-refractivity contribution in [3.63, 3.8) is 0 Å². The van der Waals surface area contributed by atoms with Crippen LogP contribution in [0, 0.1) is 0 Å². The van der Waals surface area contributed by atoms with Crippen molar-refractivity contribution in [2.75, 3.05) is 25.1 Å². The lowest BCUT2D eigenvalue weighted by Crippen LogP contribution is -2.37. The van der Waals surface area contributed by atoms with Gasteiger partial charge in [-0.1, -0.05) is 0 Å². The Bertz CT molecular complexity index is 461. The Hall–Kier alpha value is -0.660. The molecule has 0 radical (unpaired) electrons. The van der Waals surface area contributed by atoms with Crippen LogP contribution in [0.15, 0.2) is 6.07 Å². The van der Waals surface area contributed by atoms with Crippen LogP contribution in [0.2, 0.25) is 0 Å². The zero-order valence-corrected chi connectivity index (χ0v) is 10.7. The van der Waals surface area contributed by atoms with Crippen LogP contribution in [0.25, 0.3) is 0 Å². The number of hydrogen-bond donors (Lipinski definition) is 1. The van der Waals surface area contributed by atoms with Gasteiger partial charge in [-0.25, -0.2) is 12.7 Å². The summed E-state index contributed by atoms with van der Waals surface area (Å²) in [5.74, 6) is 0.353. The van der Waals surface area contributed by atoms with Gasteiger partial charge in [0.25, 0.3) is 0 Å². The topological polar surface area (TPSA) is 76.3 Å². The van der Waals surface area contributed by atoms with E-state index in [0.29, 0.717) is 19.0 Å². The lowest BCUT2D eigenvalue weighted by atomic mass is 9.95. The number of hydrogen-bond acceptors (Lipinski definition) is 5. The molecule has 1 aromatic heterocycles. The Labute approximate surface area is 99.5 Å². The number of sulfonamides is 1. The van der Waals surface area contributed by atoms with E-state index in [-0.39, 0.29) is 0 Å². The maximum absolute atomic E-state index is 11.3. The van der Waals surface area contributed by atoms with Crippen molar-refractivity contribution in [1.29, 1.82) is 0 Å². The summed E-state index contributed by atoms with van der Waals surface area (Å²) in [6, 6.07) is 1.89. The molecule has 2 rings (SSSR count). The molecule has 2 N–H and O–H groups in total. The van der Waals surface area contributed by atoms with Gasteiger partial charge in [-0.3, -0.25) is 0 Å². The largest absolute Gasteiger partial charge is 0.389 e. The lowest BCUT2D eigenvalue weighted by Gasteiger charge is -2.29. The first-order valence-corrected chi connectivity index (χ1v) is 7.76. The molecule has 0 atom stereocenters. The van der Waals surface area contributed by atoms with Crippen LogP contribution in [0.5, 0.6) is 0 Å². The summed E-state index contributed by atoms with van der Waals surface area (Å²) in [5, 5.41) is 0.723. The van der Waals surface area contributed by atoms with Crippen LogP contribution in [0.4, 0.5) is 5.00 Å². The zero-order valence-electron chi connectivity index (χ0n) is 9.09. The molecule has 1 fully saturated rings. The lowest BCUT2D eigenvalue weighted by molar-refractivity contribution is 0.319. The van der Waals surface area contributed by atoms with Crippen LogP contribution < -0.4 is 5.73 Å².